The molecule has 0 spiro atoms. The highest BCUT2D eigenvalue weighted by molar-refractivity contribution is 5.95. The number of amides is 2. The normalized spacial score (nSPS) is 10.6. The van der Waals surface area contributed by atoms with Crippen molar-refractivity contribution in [3.8, 4) is 17.2 Å². The maximum atomic E-state index is 12.4. The molecule has 3 aromatic carbocycles. The van der Waals surface area contributed by atoms with Crippen LogP contribution < -0.4 is 25.0 Å². The summed E-state index contributed by atoms with van der Waals surface area (Å²) in [6.07, 6.45) is 1.49. The van der Waals surface area contributed by atoms with Crippen LogP contribution in [0.5, 0.6) is 17.2 Å². The fraction of sp³-hybridized carbons (Fsp3) is 0.192. The lowest BCUT2D eigenvalue weighted by Crippen LogP contribution is -2.20. The van der Waals surface area contributed by atoms with Crippen molar-refractivity contribution >= 4 is 23.7 Å². The van der Waals surface area contributed by atoms with Crippen LogP contribution in [0.3, 0.4) is 0 Å². The average molecular weight is 462 g/mol. The Labute approximate surface area is 198 Å². The Morgan fingerprint density at radius 3 is 2.50 bits per heavy atom. The van der Waals surface area contributed by atoms with Gasteiger partial charge in [0.15, 0.2) is 18.1 Å². The number of hydrogen-bond acceptors (Lipinski definition) is 6. The number of nitrogens with zero attached hydrogens (tertiary/aromatic N) is 1. The van der Waals surface area contributed by atoms with Crippen molar-refractivity contribution in [1.29, 1.82) is 0 Å². The molecule has 8 heteroatoms. The Hall–Kier alpha value is -4.33. The fourth-order valence-corrected chi connectivity index (χ4v) is 2.98. The van der Waals surface area contributed by atoms with Gasteiger partial charge in [0.1, 0.15) is 5.75 Å². The van der Waals surface area contributed by atoms with Gasteiger partial charge in [-0.2, -0.15) is 5.10 Å². The fourth-order valence-electron chi connectivity index (χ4n) is 2.98. The van der Waals surface area contributed by atoms with Gasteiger partial charge < -0.3 is 19.5 Å². The number of ether oxygens (including phenoxy) is 3. The van der Waals surface area contributed by atoms with E-state index < -0.39 is 5.91 Å². The standard InChI is InChI=1S/C26H27N3O5/c1-4-33-23-13-10-20(15-24(23)32-3)26(31)29-27-16-19-6-5-7-22(14-19)34-17-25(30)28-21-11-8-18(2)9-12-21/h5-16H,4,17H2,1-3H3,(H,28,30)(H,29,31)/b27-16+. The van der Waals surface area contributed by atoms with E-state index in [0.29, 0.717) is 40.7 Å². The third-order valence-corrected chi connectivity index (χ3v) is 4.67. The highest BCUT2D eigenvalue weighted by Crippen LogP contribution is 2.28. The maximum Gasteiger partial charge on any atom is 0.271 e. The molecule has 2 N–H and O–H groups in total. The molecule has 0 radical (unpaired) electrons. The molecule has 0 saturated carbocycles. The van der Waals surface area contributed by atoms with E-state index >= 15 is 0 Å². The molecule has 0 aliphatic carbocycles. The van der Waals surface area contributed by atoms with Gasteiger partial charge in [0.25, 0.3) is 11.8 Å². The van der Waals surface area contributed by atoms with Gasteiger partial charge in [-0.15, -0.1) is 0 Å². The number of rotatable bonds is 10. The predicted molar refractivity (Wildman–Crippen MR) is 131 cm³/mol. The summed E-state index contributed by atoms with van der Waals surface area (Å²) in [5.74, 6) is 0.883. The molecule has 0 fully saturated rings. The number of nitrogens with one attached hydrogen (secondary N) is 2. The van der Waals surface area contributed by atoms with Crippen LogP contribution in [0.2, 0.25) is 0 Å². The van der Waals surface area contributed by atoms with Crippen LogP contribution in [0.1, 0.15) is 28.4 Å². The lowest BCUT2D eigenvalue weighted by atomic mass is 10.2. The third kappa shape index (κ3) is 7.09. The first-order valence-corrected chi connectivity index (χ1v) is 10.7. The SMILES string of the molecule is CCOc1ccc(C(=O)N/N=C/c2cccc(OCC(=O)Nc3ccc(C)cc3)c2)cc1OC. The van der Waals surface area contributed by atoms with Gasteiger partial charge in [-0.25, -0.2) is 5.43 Å². The minimum Gasteiger partial charge on any atom is -0.493 e. The van der Waals surface area contributed by atoms with Crippen LogP contribution in [-0.4, -0.2) is 38.4 Å². The van der Waals surface area contributed by atoms with Crippen molar-refractivity contribution in [2.24, 2.45) is 5.10 Å². The minimum atomic E-state index is -0.391. The number of hydrazone groups is 1. The van der Waals surface area contributed by atoms with Gasteiger partial charge in [0.05, 0.1) is 19.9 Å². The van der Waals surface area contributed by atoms with Crippen molar-refractivity contribution in [3.63, 3.8) is 0 Å². The second-order valence-corrected chi connectivity index (χ2v) is 7.27. The molecular formula is C26H27N3O5. The first-order chi connectivity index (χ1) is 16.5. The van der Waals surface area contributed by atoms with Gasteiger partial charge in [0.2, 0.25) is 0 Å². The van der Waals surface area contributed by atoms with Crippen molar-refractivity contribution in [1.82, 2.24) is 5.43 Å². The molecule has 2 amide bonds. The summed E-state index contributed by atoms with van der Waals surface area (Å²) >= 11 is 0. The quantitative estimate of drug-likeness (QED) is 0.349. The van der Waals surface area contributed by atoms with E-state index in [1.54, 1.807) is 42.5 Å². The van der Waals surface area contributed by atoms with Crippen molar-refractivity contribution < 1.29 is 23.8 Å². The van der Waals surface area contributed by atoms with E-state index in [2.05, 4.69) is 15.8 Å². The van der Waals surface area contributed by atoms with E-state index in [9.17, 15) is 9.59 Å². The minimum absolute atomic E-state index is 0.134. The third-order valence-electron chi connectivity index (χ3n) is 4.67. The van der Waals surface area contributed by atoms with E-state index in [1.807, 2.05) is 38.1 Å². The molecular weight excluding hydrogens is 434 g/mol. The zero-order valence-corrected chi connectivity index (χ0v) is 19.3. The molecule has 0 aliphatic rings. The second-order valence-electron chi connectivity index (χ2n) is 7.27. The monoisotopic (exact) mass is 461 g/mol. The van der Waals surface area contributed by atoms with Gasteiger partial charge in [-0.1, -0.05) is 29.8 Å². The van der Waals surface area contributed by atoms with Crippen LogP contribution in [0.4, 0.5) is 5.69 Å². The molecule has 0 saturated heterocycles. The Morgan fingerprint density at radius 2 is 1.76 bits per heavy atom. The van der Waals surface area contributed by atoms with Gasteiger partial charge in [0, 0.05) is 11.3 Å². The lowest BCUT2D eigenvalue weighted by molar-refractivity contribution is -0.118. The molecule has 0 bridgehead atoms. The summed E-state index contributed by atoms with van der Waals surface area (Å²) in [5.41, 5.74) is 5.38. The number of carbonyl (C=O) groups excluding carboxylic acids is 2. The first-order valence-electron chi connectivity index (χ1n) is 10.7. The van der Waals surface area contributed by atoms with Crippen LogP contribution in [0.25, 0.3) is 0 Å². The topological polar surface area (TPSA) is 98.3 Å². The van der Waals surface area contributed by atoms with Crippen LogP contribution in [-0.2, 0) is 4.79 Å². The number of aryl methyl sites for hydroxylation is 1. The molecule has 3 rings (SSSR count). The van der Waals surface area contributed by atoms with Crippen LogP contribution in [0.15, 0.2) is 71.8 Å². The first kappa shape index (κ1) is 24.3. The summed E-state index contributed by atoms with van der Waals surface area (Å²) in [5, 5.41) is 6.78. The zero-order valence-electron chi connectivity index (χ0n) is 19.3. The van der Waals surface area contributed by atoms with Gasteiger partial charge in [-0.3, -0.25) is 9.59 Å². The number of benzene rings is 3. The highest BCUT2D eigenvalue weighted by Gasteiger charge is 2.10. The van der Waals surface area contributed by atoms with Crippen LogP contribution >= 0.6 is 0 Å². The van der Waals surface area contributed by atoms with E-state index in [-0.39, 0.29) is 12.5 Å². The van der Waals surface area contributed by atoms with Crippen molar-refractivity contribution in [2.45, 2.75) is 13.8 Å². The average Bonchev–Trinajstić information content (AvgIpc) is 2.85. The molecule has 3 aromatic rings. The molecule has 0 heterocycles. The summed E-state index contributed by atoms with van der Waals surface area (Å²) in [6, 6.07) is 19.4. The van der Waals surface area contributed by atoms with E-state index in [1.165, 1.54) is 13.3 Å². The van der Waals surface area contributed by atoms with E-state index in [4.69, 9.17) is 14.2 Å². The largest absolute Gasteiger partial charge is 0.493 e. The smallest absolute Gasteiger partial charge is 0.271 e. The molecule has 8 nitrogen and oxygen atoms in total. The Bertz CT molecular complexity index is 1160. The summed E-state index contributed by atoms with van der Waals surface area (Å²) in [4.78, 5) is 24.5. The van der Waals surface area contributed by atoms with E-state index in [0.717, 1.165) is 5.56 Å². The second kappa shape index (κ2) is 12.1. The number of anilines is 1. The van der Waals surface area contributed by atoms with Crippen molar-refractivity contribution in [3.05, 3.63) is 83.4 Å². The number of hydrogen-bond donors (Lipinski definition) is 2. The molecule has 34 heavy (non-hydrogen) atoms. The molecule has 0 atom stereocenters. The lowest BCUT2D eigenvalue weighted by Gasteiger charge is -2.10. The Morgan fingerprint density at radius 1 is 0.971 bits per heavy atom. The summed E-state index contributed by atoms with van der Waals surface area (Å²) in [7, 11) is 1.51. The molecule has 0 aliphatic heterocycles. The zero-order chi connectivity index (χ0) is 24.3. The molecule has 176 valence electrons. The molecule has 0 unspecified atom stereocenters. The Kier molecular flexibility index (Phi) is 8.62. The van der Waals surface area contributed by atoms with Crippen LogP contribution in [0, 0.1) is 6.92 Å². The number of methoxy groups -OCH3 is 1. The Balaban J connectivity index is 1.53. The highest BCUT2D eigenvalue weighted by atomic mass is 16.5. The molecule has 0 aromatic heterocycles. The summed E-state index contributed by atoms with van der Waals surface area (Å²) in [6.45, 7) is 4.21. The van der Waals surface area contributed by atoms with Gasteiger partial charge in [-0.05, 0) is 61.9 Å². The predicted octanol–water partition coefficient (Wildman–Crippen LogP) is 4.18. The van der Waals surface area contributed by atoms with Gasteiger partial charge >= 0.3 is 0 Å². The maximum absolute atomic E-state index is 12.4. The number of carbonyl (C=O) groups is 2. The summed E-state index contributed by atoms with van der Waals surface area (Å²) < 4.78 is 16.3. The van der Waals surface area contributed by atoms with Crippen molar-refractivity contribution in [2.75, 3.05) is 25.6 Å².